The first-order valence-electron chi connectivity index (χ1n) is 9.01. The summed E-state index contributed by atoms with van der Waals surface area (Å²) in [6.45, 7) is 0.527. The maximum atomic E-state index is 13.2. The number of hydrogen-bond acceptors (Lipinski definition) is 6. The third-order valence-corrected chi connectivity index (χ3v) is 5.96. The molecule has 0 atom stereocenters. The normalized spacial score (nSPS) is 11.0. The van der Waals surface area contributed by atoms with Crippen molar-refractivity contribution < 1.29 is 14.1 Å². The molecule has 0 saturated heterocycles. The molecule has 3 aromatic heterocycles. The minimum absolute atomic E-state index is 0.106. The van der Waals surface area contributed by atoms with Gasteiger partial charge in [0.2, 0.25) is 0 Å². The summed E-state index contributed by atoms with van der Waals surface area (Å²) in [4.78, 5) is 23.2. The predicted molar refractivity (Wildman–Crippen MR) is 118 cm³/mol. The van der Waals surface area contributed by atoms with Crippen molar-refractivity contribution in [2.45, 2.75) is 13.1 Å². The number of nitrogens with one attached hydrogen (secondary N) is 1. The first-order valence-corrected chi connectivity index (χ1v) is 10.6. The maximum Gasteiger partial charge on any atom is 0.307 e. The Balaban J connectivity index is 1.42. The molecule has 9 nitrogen and oxygen atoms in total. The van der Waals surface area contributed by atoms with E-state index in [2.05, 4.69) is 15.5 Å². The number of halogens is 3. The van der Waals surface area contributed by atoms with E-state index in [1.807, 2.05) is 0 Å². The van der Waals surface area contributed by atoms with Gasteiger partial charge in [0, 0.05) is 11.2 Å². The lowest BCUT2D eigenvalue weighted by Gasteiger charge is -2.04. The highest BCUT2D eigenvalue weighted by Gasteiger charge is 2.16. The summed E-state index contributed by atoms with van der Waals surface area (Å²) in [5.74, 6) is -0.668. The Labute approximate surface area is 194 Å². The average Bonchev–Trinajstić information content (AvgIpc) is 3.46. The van der Waals surface area contributed by atoms with Gasteiger partial charge in [0.25, 0.3) is 5.91 Å². The number of benzene rings is 1. The number of amides is 1. The van der Waals surface area contributed by atoms with E-state index in [1.165, 1.54) is 45.2 Å². The van der Waals surface area contributed by atoms with Crippen LogP contribution in [0.4, 0.5) is 15.9 Å². The fourth-order valence-corrected chi connectivity index (χ4v) is 4.08. The number of carbonyl (C=O) groups is 1. The van der Waals surface area contributed by atoms with Gasteiger partial charge in [-0.2, -0.15) is 10.2 Å². The van der Waals surface area contributed by atoms with E-state index < -0.39 is 16.6 Å². The van der Waals surface area contributed by atoms with E-state index in [0.29, 0.717) is 10.4 Å². The highest BCUT2D eigenvalue weighted by Crippen LogP contribution is 2.24. The van der Waals surface area contributed by atoms with E-state index >= 15 is 0 Å². The number of anilines is 1. The van der Waals surface area contributed by atoms with Crippen LogP contribution in [-0.2, 0) is 13.1 Å². The fraction of sp³-hybridized carbons (Fsp3) is 0.105. The molecule has 0 fully saturated rings. The topological polar surface area (TPSA) is 108 Å². The molecule has 3 heterocycles. The molecule has 1 N–H and O–H groups in total. The molecule has 0 aliphatic rings. The van der Waals surface area contributed by atoms with E-state index in [1.54, 1.807) is 17.5 Å². The smallest absolute Gasteiger partial charge is 0.303 e. The van der Waals surface area contributed by atoms with Crippen molar-refractivity contribution in [3.05, 3.63) is 90.2 Å². The lowest BCUT2D eigenvalue weighted by molar-refractivity contribution is -0.385. The number of thiophene rings is 1. The summed E-state index contributed by atoms with van der Waals surface area (Å²) < 4.78 is 16.1. The predicted octanol–water partition coefficient (Wildman–Crippen LogP) is 4.84. The van der Waals surface area contributed by atoms with Crippen molar-refractivity contribution in [2.75, 3.05) is 5.32 Å². The molecule has 32 heavy (non-hydrogen) atoms. The molecule has 0 spiro atoms. The summed E-state index contributed by atoms with van der Waals surface area (Å²) in [6, 6.07) is 5.72. The van der Waals surface area contributed by atoms with Crippen LogP contribution in [0.3, 0.4) is 0 Å². The van der Waals surface area contributed by atoms with Gasteiger partial charge in [-0.25, -0.2) is 4.39 Å². The number of rotatable bonds is 7. The Morgan fingerprint density at radius 3 is 2.72 bits per heavy atom. The average molecular weight is 495 g/mol. The van der Waals surface area contributed by atoms with Gasteiger partial charge in [-0.3, -0.25) is 24.3 Å². The lowest BCUT2D eigenvalue weighted by Crippen LogP contribution is -2.12. The summed E-state index contributed by atoms with van der Waals surface area (Å²) in [7, 11) is 0. The van der Waals surface area contributed by atoms with Gasteiger partial charge in [-0.05, 0) is 34.7 Å². The zero-order valence-electron chi connectivity index (χ0n) is 16.0. The standard InChI is InChI=1S/C19H13Cl2FN6O3S/c20-15-4-13(22)2-1-12(15)7-27-9-16(21)18(25-27)24-19(29)17-3-11(10-32-17)6-26-8-14(5-23-26)28(30)31/h1-5,8-10H,6-7H2,(H,24,25,29). The minimum atomic E-state index is -0.525. The minimum Gasteiger partial charge on any atom is -0.303 e. The molecule has 4 aromatic rings. The zero-order chi connectivity index (χ0) is 22.8. The molecule has 1 aromatic carbocycles. The lowest BCUT2D eigenvalue weighted by atomic mass is 10.2. The monoisotopic (exact) mass is 494 g/mol. The Morgan fingerprint density at radius 1 is 1.19 bits per heavy atom. The summed E-state index contributed by atoms with van der Waals surface area (Å²) in [5.41, 5.74) is 1.30. The summed E-state index contributed by atoms with van der Waals surface area (Å²) >= 11 is 13.4. The quantitative estimate of drug-likeness (QED) is 0.292. The van der Waals surface area contributed by atoms with Gasteiger partial charge in [-0.1, -0.05) is 29.3 Å². The molecule has 0 aliphatic carbocycles. The van der Waals surface area contributed by atoms with Crippen molar-refractivity contribution in [2.24, 2.45) is 0 Å². The molecule has 0 unspecified atom stereocenters. The van der Waals surface area contributed by atoms with E-state index in [-0.39, 0.29) is 34.6 Å². The van der Waals surface area contributed by atoms with Gasteiger partial charge in [-0.15, -0.1) is 11.3 Å². The van der Waals surface area contributed by atoms with Crippen LogP contribution in [0.1, 0.15) is 20.8 Å². The number of carbonyl (C=O) groups excluding carboxylic acids is 1. The zero-order valence-corrected chi connectivity index (χ0v) is 18.4. The van der Waals surface area contributed by atoms with E-state index in [0.717, 1.165) is 11.8 Å². The van der Waals surface area contributed by atoms with Crippen molar-refractivity contribution in [1.82, 2.24) is 19.6 Å². The Morgan fingerprint density at radius 2 is 2.00 bits per heavy atom. The Kier molecular flexibility index (Phi) is 6.21. The third kappa shape index (κ3) is 4.96. The first-order chi connectivity index (χ1) is 15.3. The molecule has 0 aliphatic heterocycles. The first kappa shape index (κ1) is 21.9. The van der Waals surface area contributed by atoms with Crippen molar-refractivity contribution in [1.29, 1.82) is 0 Å². The third-order valence-electron chi connectivity index (χ3n) is 4.35. The van der Waals surface area contributed by atoms with Crippen LogP contribution in [0.5, 0.6) is 0 Å². The van der Waals surface area contributed by atoms with Crippen LogP contribution >= 0.6 is 34.5 Å². The highest BCUT2D eigenvalue weighted by molar-refractivity contribution is 7.12. The Bertz CT molecular complexity index is 1320. The maximum absolute atomic E-state index is 13.2. The largest absolute Gasteiger partial charge is 0.307 e. The van der Waals surface area contributed by atoms with Gasteiger partial charge < -0.3 is 5.32 Å². The second-order valence-electron chi connectivity index (χ2n) is 6.69. The van der Waals surface area contributed by atoms with Crippen molar-refractivity contribution >= 4 is 52.0 Å². The highest BCUT2D eigenvalue weighted by atomic mass is 35.5. The van der Waals surface area contributed by atoms with Gasteiger partial charge >= 0.3 is 5.69 Å². The number of nitro groups is 1. The van der Waals surface area contributed by atoms with Crippen LogP contribution in [0.2, 0.25) is 10.0 Å². The number of nitrogens with zero attached hydrogens (tertiary/aromatic N) is 5. The second kappa shape index (κ2) is 9.07. The molecule has 0 saturated carbocycles. The van der Waals surface area contributed by atoms with Crippen LogP contribution in [0.15, 0.2) is 48.2 Å². The molecule has 164 valence electrons. The molecule has 13 heteroatoms. The Hall–Kier alpha value is -3.28. The molecule has 1 amide bonds. The molecule has 4 rings (SSSR count). The fourth-order valence-electron chi connectivity index (χ4n) is 2.85. The number of hydrogen-bond donors (Lipinski definition) is 1. The number of aromatic nitrogens is 4. The molecular weight excluding hydrogens is 482 g/mol. The van der Waals surface area contributed by atoms with E-state index in [4.69, 9.17) is 23.2 Å². The summed E-state index contributed by atoms with van der Waals surface area (Å²) in [6.07, 6.45) is 4.01. The van der Waals surface area contributed by atoms with Crippen molar-refractivity contribution in [3.63, 3.8) is 0 Å². The van der Waals surface area contributed by atoms with Crippen LogP contribution in [-0.4, -0.2) is 30.4 Å². The molecule has 0 radical (unpaired) electrons. The summed E-state index contributed by atoms with van der Waals surface area (Å²) in [5, 5.41) is 23.9. The van der Waals surface area contributed by atoms with Gasteiger partial charge in [0.15, 0.2) is 5.82 Å². The molecular formula is C19H13Cl2FN6O3S. The van der Waals surface area contributed by atoms with Gasteiger partial charge in [0.05, 0.1) is 22.9 Å². The van der Waals surface area contributed by atoms with Crippen LogP contribution in [0.25, 0.3) is 0 Å². The SMILES string of the molecule is O=C(Nc1nn(Cc2ccc(F)cc2Cl)cc1Cl)c1cc(Cn2cc([N+](=O)[O-])cn2)cs1. The van der Waals surface area contributed by atoms with Crippen molar-refractivity contribution in [3.8, 4) is 0 Å². The molecule has 0 bridgehead atoms. The van der Waals surface area contributed by atoms with Crippen LogP contribution < -0.4 is 5.32 Å². The van der Waals surface area contributed by atoms with Crippen LogP contribution in [0, 0.1) is 15.9 Å². The van der Waals surface area contributed by atoms with Gasteiger partial charge in [0.1, 0.15) is 23.2 Å². The second-order valence-corrected chi connectivity index (χ2v) is 8.41. The van der Waals surface area contributed by atoms with E-state index in [9.17, 15) is 19.3 Å².